The molecule has 2 aromatic rings. The Morgan fingerprint density at radius 1 is 1.22 bits per heavy atom. The highest BCUT2D eigenvalue weighted by Crippen LogP contribution is 2.29. The fraction of sp³-hybridized carbons (Fsp3) is 0.154. The maximum absolute atomic E-state index is 12.0. The number of thiol groups is 1. The predicted octanol–water partition coefficient (Wildman–Crippen LogP) is 3.79. The predicted molar refractivity (Wildman–Crippen MR) is 79.8 cm³/mol. The minimum absolute atomic E-state index is 0.0708. The van der Waals surface area contributed by atoms with Gasteiger partial charge in [-0.25, -0.2) is 0 Å². The number of aromatic nitrogens is 1. The fourth-order valence-corrected chi connectivity index (χ4v) is 2.40. The Hall–Kier alpha value is -0.900. The van der Waals surface area contributed by atoms with Crippen LogP contribution < -0.4 is 5.56 Å². The summed E-state index contributed by atoms with van der Waals surface area (Å²) in [5.74, 6) is 0.413. The first-order valence-electron chi connectivity index (χ1n) is 5.30. The number of benzene rings is 1. The van der Waals surface area contributed by atoms with Gasteiger partial charge in [-0.05, 0) is 24.3 Å². The lowest BCUT2D eigenvalue weighted by molar-refractivity contribution is 0.857. The van der Waals surface area contributed by atoms with Crippen LogP contribution >= 0.6 is 35.8 Å². The highest BCUT2D eigenvalue weighted by Gasteiger charge is 2.10. The first-order chi connectivity index (χ1) is 8.54. The molecule has 0 radical (unpaired) electrons. The minimum atomic E-state index is -0.0708. The summed E-state index contributed by atoms with van der Waals surface area (Å²) in [5, 5.41) is 1.15. The van der Waals surface area contributed by atoms with Gasteiger partial charge in [0.05, 0.1) is 5.69 Å². The average molecular weight is 300 g/mol. The van der Waals surface area contributed by atoms with Crippen molar-refractivity contribution in [1.29, 1.82) is 0 Å². The van der Waals surface area contributed by atoms with Crippen molar-refractivity contribution in [1.82, 2.24) is 4.57 Å². The summed E-state index contributed by atoms with van der Waals surface area (Å²) in [5.41, 5.74) is 2.06. The minimum Gasteiger partial charge on any atom is -0.311 e. The lowest BCUT2D eigenvalue weighted by atomic mass is 10.1. The second-order valence-corrected chi connectivity index (χ2v) is 5.05. The number of halogens is 2. The van der Waals surface area contributed by atoms with Gasteiger partial charge in [-0.1, -0.05) is 29.3 Å². The van der Waals surface area contributed by atoms with Crippen LogP contribution in [0.25, 0.3) is 11.3 Å². The normalized spacial score (nSPS) is 10.7. The molecule has 94 valence electrons. The number of hydrogen-bond donors (Lipinski definition) is 1. The first-order valence-corrected chi connectivity index (χ1v) is 6.68. The van der Waals surface area contributed by atoms with Crippen LogP contribution in [0, 0.1) is 0 Å². The zero-order valence-corrected chi connectivity index (χ0v) is 12.1. The molecule has 0 amide bonds. The molecule has 0 fully saturated rings. The molecule has 2 nitrogen and oxygen atoms in total. The Kier molecular flexibility index (Phi) is 4.05. The van der Waals surface area contributed by atoms with E-state index in [1.54, 1.807) is 35.9 Å². The third-order valence-electron chi connectivity index (χ3n) is 2.76. The quantitative estimate of drug-likeness (QED) is 0.837. The molecule has 1 heterocycles. The van der Waals surface area contributed by atoms with Crippen molar-refractivity contribution < 1.29 is 0 Å². The second-order valence-electron chi connectivity index (χ2n) is 3.89. The van der Waals surface area contributed by atoms with Gasteiger partial charge in [0, 0.05) is 34.0 Å². The fourth-order valence-electron chi connectivity index (χ4n) is 1.77. The van der Waals surface area contributed by atoms with Gasteiger partial charge in [-0.3, -0.25) is 4.79 Å². The van der Waals surface area contributed by atoms with Crippen molar-refractivity contribution in [2.45, 2.75) is 5.75 Å². The van der Waals surface area contributed by atoms with Gasteiger partial charge < -0.3 is 4.57 Å². The van der Waals surface area contributed by atoms with Gasteiger partial charge in [0.25, 0.3) is 5.56 Å². The largest absolute Gasteiger partial charge is 0.311 e. The molecule has 0 aliphatic heterocycles. The van der Waals surface area contributed by atoms with Crippen LogP contribution in [-0.4, -0.2) is 4.57 Å². The van der Waals surface area contributed by atoms with E-state index in [-0.39, 0.29) is 5.56 Å². The Labute approximate surface area is 121 Å². The molecule has 0 bridgehead atoms. The summed E-state index contributed by atoms with van der Waals surface area (Å²) >= 11 is 16.2. The number of hydrogen-bond acceptors (Lipinski definition) is 2. The molecule has 0 atom stereocenters. The maximum Gasteiger partial charge on any atom is 0.254 e. The van der Waals surface area contributed by atoms with E-state index in [4.69, 9.17) is 23.2 Å². The van der Waals surface area contributed by atoms with E-state index in [1.807, 2.05) is 6.07 Å². The molecule has 2 rings (SSSR count). The zero-order valence-electron chi connectivity index (χ0n) is 9.65. The topological polar surface area (TPSA) is 22.0 Å². The van der Waals surface area contributed by atoms with Gasteiger partial charge in [-0.2, -0.15) is 12.6 Å². The Morgan fingerprint density at radius 2 is 1.94 bits per heavy atom. The molecule has 0 spiro atoms. The molecule has 0 saturated carbocycles. The van der Waals surface area contributed by atoms with Crippen molar-refractivity contribution in [3.8, 4) is 11.3 Å². The van der Waals surface area contributed by atoms with Crippen LogP contribution in [0.2, 0.25) is 10.0 Å². The molecule has 0 aliphatic rings. The van der Waals surface area contributed by atoms with Gasteiger partial charge in [0.1, 0.15) is 0 Å². The van der Waals surface area contributed by atoms with Crippen LogP contribution in [0.4, 0.5) is 0 Å². The van der Waals surface area contributed by atoms with Crippen molar-refractivity contribution in [2.75, 3.05) is 0 Å². The van der Waals surface area contributed by atoms with Crippen LogP contribution in [0.5, 0.6) is 0 Å². The highest BCUT2D eigenvalue weighted by molar-refractivity contribution is 7.79. The molecule has 0 aliphatic carbocycles. The molecule has 5 heteroatoms. The van der Waals surface area contributed by atoms with E-state index >= 15 is 0 Å². The molecular weight excluding hydrogens is 289 g/mol. The number of pyridine rings is 1. The van der Waals surface area contributed by atoms with Gasteiger partial charge >= 0.3 is 0 Å². The van der Waals surface area contributed by atoms with E-state index in [0.717, 1.165) is 11.3 Å². The van der Waals surface area contributed by atoms with E-state index in [0.29, 0.717) is 21.4 Å². The Morgan fingerprint density at radius 3 is 2.61 bits per heavy atom. The molecular formula is C13H11Cl2NOS. The summed E-state index contributed by atoms with van der Waals surface area (Å²) in [6.45, 7) is 0. The van der Waals surface area contributed by atoms with Crippen molar-refractivity contribution in [2.24, 2.45) is 7.05 Å². The maximum atomic E-state index is 12.0. The monoisotopic (exact) mass is 299 g/mol. The van der Waals surface area contributed by atoms with Crippen molar-refractivity contribution in [3.63, 3.8) is 0 Å². The first kappa shape index (κ1) is 13.5. The van der Waals surface area contributed by atoms with Gasteiger partial charge in [0.15, 0.2) is 0 Å². The SMILES string of the molecule is Cn1c(-c2cc(Cl)ccc2Cl)ccc(CS)c1=O. The summed E-state index contributed by atoms with van der Waals surface area (Å²) in [6, 6.07) is 8.80. The average Bonchev–Trinajstić information content (AvgIpc) is 2.36. The molecule has 0 N–H and O–H groups in total. The van der Waals surface area contributed by atoms with Gasteiger partial charge in [-0.15, -0.1) is 0 Å². The van der Waals surface area contributed by atoms with Crippen LogP contribution in [0.15, 0.2) is 35.1 Å². The number of rotatable bonds is 2. The van der Waals surface area contributed by atoms with Crippen molar-refractivity contribution >= 4 is 35.8 Å². The summed E-state index contributed by atoms with van der Waals surface area (Å²) in [7, 11) is 1.71. The zero-order chi connectivity index (χ0) is 13.3. The molecule has 0 saturated heterocycles. The summed E-state index contributed by atoms with van der Waals surface area (Å²) < 4.78 is 1.56. The third kappa shape index (κ3) is 2.44. The smallest absolute Gasteiger partial charge is 0.254 e. The van der Waals surface area contributed by atoms with E-state index in [9.17, 15) is 4.79 Å². The van der Waals surface area contributed by atoms with Crippen molar-refractivity contribution in [3.05, 3.63) is 56.3 Å². The Bertz CT molecular complexity index is 652. The standard InChI is InChI=1S/C13H11Cl2NOS/c1-16-12(5-2-8(7-18)13(16)17)10-6-9(14)3-4-11(10)15/h2-6,18H,7H2,1H3. The van der Waals surface area contributed by atoms with E-state index < -0.39 is 0 Å². The van der Waals surface area contributed by atoms with E-state index in [2.05, 4.69) is 12.6 Å². The Balaban J connectivity index is 2.69. The second kappa shape index (κ2) is 5.39. The van der Waals surface area contributed by atoms with Crippen LogP contribution in [-0.2, 0) is 12.8 Å². The third-order valence-corrected chi connectivity index (χ3v) is 3.66. The molecule has 1 aromatic heterocycles. The molecule has 18 heavy (non-hydrogen) atoms. The summed E-state index contributed by atoms with van der Waals surface area (Å²) in [4.78, 5) is 12.0. The van der Waals surface area contributed by atoms with E-state index in [1.165, 1.54) is 0 Å². The molecule has 1 aromatic carbocycles. The van der Waals surface area contributed by atoms with Crippen LogP contribution in [0.3, 0.4) is 0 Å². The lowest BCUT2D eigenvalue weighted by Crippen LogP contribution is -2.21. The van der Waals surface area contributed by atoms with Gasteiger partial charge in [0.2, 0.25) is 0 Å². The highest BCUT2D eigenvalue weighted by atomic mass is 35.5. The lowest BCUT2D eigenvalue weighted by Gasteiger charge is -2.11. The molecule has 0 unspecified atom stereocenters. The van der Waals surface area contributed by atoms with Crippen LogP contribution in [0.1, 0.15) is 5.56 Å². The number of nitrogens with zero attached hydrogens (tertiary/aromatic N) is 1. The summed E-state index contributed by atoms with van der Waals surface area (Å²) in [6.07, 6.45) is 0.